The lowest BCUT2D eigenvalue weighted by Gasteiger charge is -2.32. The molecule has 0 saturated heterocycles. The summed E-state index contributed by atoms with van der Waals surface area (Å²) in [6.45, 7) is 0. The normalized spacial score (nSPS) is 23.9. The number of likely N-dealkylation sites (N-methyl/N-ethyl adjacent to an activating group) is 1. The smallest absolute Gasteiger partial charge is 0.0133 e. The Morgan fingerprint density at radius 2 is 1.85 bits per heavy atom. The van der Waals surface area contributed by atoms with Crippen molar-refractivity contribution >= 4 is 0 Å². The van der Waals surface area contributed by atoms with Gasteiger partial charge in [0.1, 0.15) is 0 Å². The van der Waals surface area contributed by atoms with Gasteiger partial charge >= 0.3 is 0 Å². The maximum Gasteiger partial charge on any atom is 0.0133 e. The summed E-state index contributed by atoms with van der Waals surface area (Å²) >= 11 is 0. The first kappa shape index (κ1) is 14.1. The van der Waals surface area contributed by atoms with Crippen molar-refractivity contribution in [3.05, 3.63) is 34.9 Å². The quantitative estimate of drug-likeness (QED) is 0.795. The first-order valence-electron chi connectivity index (χ1n) is 8.50. The SMILES string of the molecule is CN(C)[C@@H]1CCc2cccc(CC3CCCCC3)c2C1. The van der Waals surface area contributed by atoms with Gasteiger partial charge in [0.25, 0.3) is 0 Å². The van der Waals surface area contributed by atoms with E-state index in [1.165, 1.54) is 57.8 Å². The van der Waals surface area contributed by atoms with E-state index in [1.54, 1.807) is 16.7 Å². The summed E-state index contributed by atoms with van der Waals surface area (Å²) in [5.74, 6) is 0.954. The zero-order valence-electron chi connectivity index (χ0n) is 13.2. The molecule has 0 aromatic heterocycles. The molecule has 0 heterocycles. The number of rotatable bonds is 3. The summed E-state index contributed by atoms with van der Waals surface area (Å²) in [5.41, 5.74) is 5.00. The number of benzene rings is 1. The first-order valence-corrected chi connectivity index (χ1v) is 8.50. The van der Waals surface area contributed by atoms with Crippen LogP contribution in [0, 0.1) is 5.92 Å². The predicted octanol–water partition coefficient (Wildman–Crippen LogP) is 4.23. The van der Waals surface area contributed by atoms with Crippen LogP contribution in [0.15, 0.2) is 18.2 Å². The number of fused-ring (bicyclic) bond motifs is 1. The Balaban J connectivity index is 1.78. The summed E-state index contributed by atoms with van der Waals surface area (Å²) in [6, 6.07) is 7.82. The Morgan fingerprint density at radius 1 is 1.05 bits per heavy atom. The summed E-state index contributed by atoms with van der Waals surface area (Å²) in [6.07, 6.45) is 12.5. The molecule has 0 bridgehead atoms. The van der Waals surface area contributed by atoms with E-state index in [9.17, 15) is 0 Å². The van der Waals surface area contributed by atoms with Crippen molar-refractivity contribution in [2.75, 3.05) is 14.1 Å². The van der Waals surface area contributed by atoms with Crippen molar-refractivity contribution in [2.24, 2.45) is 5.92 Å². The van der Waals surface area contributed by atoms with Crippen molar-refractivity contribution in [1.82, 2.24) is 4.90 Å². The highest BCUT2D eigenvalue weighted by Gasteiger charge is 2.23. The lowest BCUT2D eigenvalue weighted by Crippen LogP contribution is -2.34. The Kier molecular flexibility index (Phi) is 4.45. The van der Waals surface area contributed by atoms with Crippen LogP contribution in [0.1, 0.15) is 55.2 Å². The average Bonchev–Trinajstić information content (AvgIpc) is 2.48. The second-order valence-corrected chi connectivity index (χ2v) is 7.12. The fraction of sp³-hybridized carbons (Fsp3) is 0.684. The molecular weight excluding hydrogens is 242 g/mol. The summed E-state index contributed by atoms with van der Waals surface area (Å²) in [5, 5.41) is 0. The fourth-order valence-corrected chi connectivity index (χ4v) is 4.18. The largest absolute Gasteiger partial charge is 0.306 e. The minimum atomic E-state index is 0.745. The maximum atomic E-state index is 2.42. The van der Waals surface area contributed by atoms with Crippen LogP contribution in [0.25, 0.3) is 0 Å². The molecule has 0 radical (unpaired) electrons. The predicted molar refractivity (Wildman–Crippen MR) is 86.2 cm³/mol. The van der Waals surface area contributed by atoms with Crippen molar-refractivity contribution < 1.29 is 0 Å². The molecule has 0 spiro atoms. The lowest BCUT2D eigenvalue weighted by atomic mass is 9.79. The number of hydrogen-bond donors (Lipinski definition) is 0. The fourth-order valence-electron chi connectivity index (χ4n) is 4.18. The van der Waals surface area contributed by atoms with Gasteiger partial charge in [-0.05, 0) is 62.4 Å². The number of aryl methyl sites for hydroxylation is 1. The zero-order valence-corrected chi connectivity index (χ0v) is 13.2. The van der Waals surface area contributed by atoms with Crippen molar-refractivity contribution in [2.45, 2.75) is 63.8 Å². The average molecular weight is 271 g/mol. The summed E-state index contributed by atoms with van der Waals surface area (Å²) in [7, 11) is 4.47. The van der Waals surface area contributed by atoms with Gasteiger partial charge in [0.05, 0.1) is 0 Å². The van der Waals surface area contributed by atoms with Crippen LogP contribution in [0.2, 0.25) is 0 Å². The van der Waals surface area contributed by atoms with E-state index in [0.29, 0.717) is 0 Å². The van der Waals surface area contributed by atoms with Gasteiger partial charge in [0, 0.05) is 6.04 Å². The van der Waals surface area contributed by atoms with Gasteiger partial charge in [-0.2, -0.15) is 0 Å². The standard InChI is InChI=1S/C19H29N/c1-20(2)18-12-11-16-9-6-10-17(19(16)14-18)13-15-7-4-3-5-8-15/h6,9-10,15,18H,3-5,7-8,11-14H2,1-2H3/t18-/m1/s1. The molecule has 1 saturated carbocycles. The minimum absolute atomic E-state index is 0.745. The van der Waals surface area contributed by atoms with E-state index in [4.69, 9.17) is 0 Å². The molecule has 1 atom stereocenters. The Labute approximate surface area is 124 Å². The van der Waals surface area contributed by atoms with Gasteiger partial charge in [-0.3, -0.25) is 0 Å². The molecule has 0 unspecified atom stereocenters. The molecule has 1 nitrogen and oxygen atoms in total. The van der Waals surface area contributed by atoms with Crippen LogP contribution >= 0.6 is 0 Å². The van der Waals surface area contributed by atoms with Crippen LogP contribution in [-0.4, -0.2) is 25.0 Å². The molecule has 1 aromatic rings. The molecule has 2 aliphatic rings. The third kappa shape index (κ3) is 3.09. The van der Waals surface area contributed by atoms with Crippen molar-refractivity contribution in [3.8, 4) is 0 Å². The van der Waals surface area contributed by atoms with Gasteiger partial charge in [-0.25, -0.2) is 0 Å². The zero-order chi connectivity index (χ0) is 13.9. The molecule has 20 heavy (non-hydrogen) atoms. The Morgan fingerprint density at radius 3 is 2.60 bits per heavy atom. The lowest BCUT2D eigenvalue weighted by molar-refractivity contribution is 0.267. The highest BCUT2D eigenvalue weighted by Crippen LogP contribution is 2.32. The molecule has 1 heteroatoms. The molecule has 110 valence electrons. The van der Waals surface area contributed by atoms with Gasteiger partial charge in [0.15, 0.2) is 0 Å². The first-order chi connectivity index (χ1) is 9.74. The molecular formula is C19H29N. The van der Waals surface area contributed by atoms with Crippen LogP contribution in [0.5, 0.6) is 0 Å². The van der Waals surface area contributed by atoms with Gasteiger partial charge < -0.3 is 4.90 Å². The van der Waals surface area contributed by atoms with Gasteiger partial charge in [-0.15, -0.1) is 0 Å². The third-order valence-electron chi connectivity index (χ3n) is 5.52. The Hall–Kier alpha value is -0.820. The van der Waals surface area contributed by atoms with E-state index in [2.05, 4.69) is 37.2 Å². The van der Waals surface area contributed by atoms with Crippen LogP contribution in [0.3, 0.4) is 0 Å². The summed E-state index contributed by atoms with van der Waals surface area (Å²) < 4.78 is 0. The minimum Gasteiger partial charge on any atom is -0.306 e. The van der Waals surface area contributed by atoms with E-state index < -0.39 is 0 Å². The van der Waals surface area contributed by atoms with E-state index >= 15 is 0 Å². The molecule has 2 aliphatic carbocycles. The van der Waals surface area contributed by atoms with Crippen molar-refractivity contribution in [1.29, 1.82) is 0 Å². The number of nitrogens with zero attached hydrogens (tertiary/aromatic N) is 1. The molecule has 0 N–H and O–H groups in total. The van der Waals surface area contributed by atoms with E-state index in [0.717, 1.165) is 12.0 Å². The van der Waals surface area contributed by atoms with E-state index in [1.807, 2.05) is 0 Å². The Bertz CT molecular complexity index is 443. The second kappa shape index (κ2) is 6.30. The molecule has 0 aliphatic heterocycles. The summed E-state index contributed by atoms with van der Waals surface area (Å²) in [4.78, 5) is 2.42. The van der Waals surface area contributed by atoms with Gasteiger partial charge in [0.2, 0.25) is 0 Å². The third-order valence-corrected chi connectivity index (χ3v) is 5.52. The van der Waals surface area contributed by atoms with Crippen molar-refractivity contribution in [3.63, 3.8) is 0 Å². The second-order valence-electron chi connectivity index (χ2n) is 7.12. The highest BCUT2D eigenvalue weighted by molar-refractivity contribution is 5.38. The van der Waals surface area contributed by atoms with Crippen LogP contribution in [-0.2, 0) is 19.3 Å². The molecule has 3 rings (SSSR count). The maximum absolute atomic E-state index is 2.42. The van der Waals surface area contributed by atoms with Gasteiger partial charge in [-0.1, -0.05) is 50.3 Å². The molecule has 0 amide bonds. The molecule has 1 fully saturated rings. The highest BCUT2D eigenvalue weighted by atomic mass is 15.1. The monoisotopic (exact) mass is 271 g/mol. The van der Waals surface area contributed by atoms with E-state index in [-0.39, 0.29) is 0 Å². The molecule has 1 aromatic carbocycles. The number of hydrogen-bond acceptors (Lipinski definition) is 1. The van der Waals surface area contributed by atoms with Crippen LogP contribution in [0.4, 0.5) is 0 Å². The van der Waals surface area contributed by atoms with Crippen LogP contribution < -0.4 is 0 Å². The topological polar surface area (TPSA) is 3.24 Å².